The number of Topliss-reactive ketones (excluding diaryl/α,β-unsaturated/α-hetero) is 1. The summed E-state index contributed by atoms with van der Waals surface area (Å²) < 4.78 is 14.0. The van der Waals surface area contributed by atoms with Crippen LogP contribution in [-0.2, 0) is 0 Å². The Bertz CT molecular complexity index is 569. The summed E-state index contributed by atoms with van der Waals surface area (Å²) in [5.41, 5.74) is 0.322. The van der Waals surface area contributed by atoms with Crippen molar-refractivity contribution in [2.75, 3.05) is 0 Å². The summed E-state index contributed by atoms with van der Waals surface area (Å²) in [7, 11) is 0. The second-order valence-electron chi connectivity index (χ2n) is 3.78. The molecule has 2 aromatic rings. The summed E-state index contributed by atoms with van der Waals surface area (Å²) in [6.45, 7) is 0. The van der Waals surface area contributed by atoms with Crippen molar-refractivity contribution < 1.29 is 14.3 Å². The van der Waals surface area contributed by atoms with Crippen LogP contribution in [0.25, 0.3) is 0 Å². The molecule has 0 saturated carbocycles. The number of aliphatic hydroxyl groups excluding tert-OH is 1. The summed E-state index contributed by atoms with van der Waals surface area (Å²) in [6, 6.07) is 12.9. The average Bonchev–Trinajstić information content (AvgIpc) is 2.41. The fourth-order valence-electron chi connectivity index (χ4n) is 1.63. The molecule has 2 nitrogen and oxygen atoms in total. The third-order valence-corrected chi connectivity index (χ3v) is 3.19. The van der Waals surface area contributed by atoms with Gasteiger partial charge in [-0.25, -0.2) is 4.39 Å². The number of carbonyl (C=O) groups is 1. The van der Waals surface area contributed by atoms with Gasteiger partial charge in [0.15, 0.2) is 5.78 Å². The first-order valence-corrected chi connectivity index (χ1v) is 6.12. The molecule has 0 aliphatic heterocycles. The highest BCUT2D eigenvalue weighted by Crippen LogP contribution is 2.24. The van der Waals surface area contributed by atoms with Gasteiger partial charge in [0, 0.05) is 0 Å². The lowest BCUT2D eigenvalue weighted by Gasteiger charge is -2.11. The Labute approximate surface area is 112 Å². The Hall–Kier alpha value is -1.52. The van der Waals surface area contributed by atoms with Gasteiger partial charge in [-0.3, -0.25) is 4.79 Å². The normalized spacial score (nSPS) is 12.2. The van der Waals surface area contributed by atoms with Gasteiger partial charge in [-0.05, 0) is 33.6 Å². The third-order valence-electron chi connectivity index (χ3n) is 2.58. The number of halogens is 2. The fraction of sp³-hybridized carbons (Fsp3) is 0.0714. The molecule has 0 aliphatic rings. The van der Waals surface area contributed by atoms with E-state index in [0.717, 1.165) is 0 Å². The molecule has 18 heavy (non-hydrogen) atoms. The van der Waals surface area contributed by atoms with Crippen LogP contribution in [0.5, 0.6) is 0 Å². The Kier molecular flexibility index (Phi) is 3.89. The van der Waals surface area contributed by atoms with Crippen LogP contribution in [0.1, 0.15) is 22.0 Å². The number of aliphatic hydroxyl groups is 1. The van der Waals surface area contributed by atoms with E-state index < -0.39 is 17.7 Å². The number of carbonyl (C=O) groups excluding carboxylic acids is 1. The smallest absolute Gasteiger partial charge is 0.198 e. The van der Waals surface area contributed by atoms with E-state index in [1.807, 2.05) is 0 Å². The minimum absolute atomic E-state index is 0.124. The monoisotopic (exact) mass is 308 g/mol. The van der Waals surface area contributed by atoms with Crippen LogP contribution in [-0.4, -0.2) is 10.9 Å². The Morgan fingerprint density at radius 2 is 1.78 bits per heavy atom. The van der Waals surface area contributed by atoms with Crippen LogP contribution in [0.15, 0.2) is 53.0 Å². The lowest BCUT2D eigenvalue weighted by molar-refractivity contribution is 0.0743. The second kappa shape index (κ2) is 5.42. The molecule has 2 rings (SSSR count). The largest absolute Gasteiger partial charge is 0.380 e. The quantitative estimate of drug-likeness (QED) is 0.881. The highest BCUT2D eigenvalue weighted by molar-refractivity contribution is 9.10. The molecule has 0 spiro atoms. The van der Waals surface area contributed by atoms with E-state index in [2.05, 4.69) is 15.9 Å². The van der Waals surface area contributed by atoms with Crippen molar-refractivity contribution in [3.63, 3.8) is 0 Å². The first kappa shape index (κ1) is 12.9. The third kappa shape index (κ3) is 2.49. The van der Waals surface area contributed by atoms with Gasteiger partial charge in [0.1, 0.15) is 11.9 Å². The molecule has 0 amide bonds. The lowest BCUT2D eigenvalue weighted by atomic mass is 10.00. The molecule has 0 saturated heterocycles. The van der Waals surface area contributed by atoms with Gasteiger partial charge < -0.3 is 5.11 Å². The van der Waals surface area contributed by atoms with Crippen molar-refractivity contribution in [1.82, 2.24) is 0 Å². The highest BCUT2D eigenvalue weighted by atomic mass is 79.9. The molecule has 0 bridgehead atoms. The van der Waals surface area contributed by atoms with E-state index in [0.29, 0.717) is 5.56 Å². The van der Waals surface area contributed by atoms with Crippen molar-refractivity contribution in [2.45, 2.75) is 6.10 Å². The molecule has 4 heteroatoms. The minimum Gasteiger partial charge on any atom is -0.380 e. The van der Waals surface area contributed by atoms with Crippen LogP contribution in [0.4, 0.5) is 4.39 Å². The maximum atomic E-state index is 13.7. The van der Waals surface area contributed by atoms with Crippen molar-refractivity contribution >= 4 is 21.7 Å². The first-order valence-electron chi connectivity index (χ1n) is 5.32. The Balaban J connectivity index is 2.35. The van der Waals surface area contributed by atoms with Gasteiger partial charge in [-0.2, -0.15) is 0 Å². The van der Waals surface area contributed by atoms with Crippen LogP contribution in [0.2, 0.25) is 0 Å². The molecule has 1 atom stereocenters. The Morgan fingerprint density at radius 3 is 2.44 bits per heavy atom. The second-order valence-corrected chi connectivity index (χ2v) is 4.63. The van der Waals surface area contributed by atoms with Crippen molar-refractivity contribution in [3.8, 4) is 0 Å². The van der Waals surface area contributed by atoms with Gasteiger partial charge in [0.25, 0.3) is 0 Å². The predicted molar refractivity (Wildman–Crippen MR) is 69.8 cm³/mol. The number of hydrogen-bond donors (Lipinski definition) is 1. The molecule has 0 aromatic heterocycles. The highest BCUT2D eigenvalue weighted by Gasteiger charge is 2.22. The average molecular weight is 309 g/mol. The molecule has 1 N–H and O–H groups in total. The standard InChI is InChI=1S/C14H10BrFO2/c15-11-8-4-7-10(12(11)16)14(18)13(17)9-5-2-1-3-6-9/h1-8,13,17H. The molecule has 0 aliphatic carbocycles. The molecule has 0 fully saturated rings. The molecule has 92 valence electrons. The van der Waals surface area contributed by atoms with Crippen LogP contribution in [0, 0.1) is 5.82 Å². The summed E-state index contributed by atoms with van der Waals surface area (Å²) in [5, 5.41) is 9.93. The summed E-state index contributed by atoms with van der Waals surface area (Å²) in [4.78, 5) is 12.0. The summed E-state index contributed by atoms with van der Waals surface area (Å²) in [6.07, 6.45) is -1.35. The van der Waals surface area contributed by atoms with E-state index in [9.17, 15) is 14.3 Å². The zero-order valence-electron chi connectivity index (χ0n) is 9.31. The summed E-state index contributed by atoms with van der Waals surface area (Å²) in [5.74, 6) is -1.31. The van der Waals surface area contributed by atoms with E-state index in [1.54, 1.807) is 36.4 Å². The lowest BCUT2D eigenvalue weighted by Crippen LogP contribution is -2.14. The first-order chi connectivity index (χ1) is 8.61. The molecular formula is C14H10BrFO2. The van der Waals surface area contributed by atoms with Gasteiger partial charge in [0.2, 0.25) is 0 Å². The van der Waals surface area contributed by atoms with E-state index in [-0.39, 0.29) is 10.0 Å². The van der Waals surface area contributed by atoms with E-state index >= 15 is 0 Å². The van der Waals surface area contributed by atoms with Gasteiger partial charge >= 0.3 is 0 Å². The van der Waals surface area contributed by atoms with E-state index in [4.69, 9.17) is 0 Å². The minimum atomic E-state index is -1.35. The number of benzene rings is 2. The van der Waals surface area contributed by atoms with Crippen molar-refractivity contribution in [3.05, 3.63) is 69.9 Å². The zero-order chi connectivity index (χ0) is 13.1. The maximum Gasteiger partial charge on any atom is 0.198 e. The van der Waals surface area contributed by atoms with Crippen molar-refractivity contribution in [2.24, 2.45) is 0 Å². The molecule has 0 heterocycles. The SMILES string of the molecule is O=C(c1cccc(Br)c1F)C(O)c1ccccc1. The predicted octanol–water partition coefficient (Wildman–Crippen LogP) is 3.50. The van der Waals surface area contributed by atoms with Gasteiger partial charge in [-0.15, -0.1) is 0 Å². The fourth-order valence-corrected chi connectivity index (χ4v) is 1.99. The van der Waals surface area contributed by atoms with Crippen LogP contribution >= 0.6 is 15.9 Å². The van der Waals surface area contributed by atoms with Gasteiger partial charge in [-0.1, -0.05) is 36.4 Å². The molecule has 0 radical (unpaired) electrons. The topological polar surface area (TPSA) is 37.3 Å². The van der Waals surface area contributed by atoms with E-state index in [1.165, 1.54) is 12.1 Å². The number of ketones is 1. The Morgan fingerprint density at radius 1 is 1.11 bits per heavy atom. The molecular weight excluding hydrogens is 299 g/mol. The van der Waals surface area contributed by atoms with Crippen molar-refractivity contribution in [1.29, 1.82) is 0 Å². The number of hydrogen-bond acceptors (Lipinski definition) is 2. The summed E-state index contributed by atoms with van der Waals surface area (Å²) >= 11 is 3.01. The zero-order valence-corrected chi connectivity index (χ0v) is 10.9. The van der Waals surface area contributed by atoms with Crippen LogP contribution < -0.4 is 0 Å². The maximum absolute atomic E-state index is 13.7. The van der Waals surface area contributed by atoms with Crippen LogP contribution in [0.3, 0.4) is 0 Å². The molecule has 2 aromatic carbocycles. The number of rotatable bonds is 3. The molecule has 1 unspecified atom stereocenters. The van der Waals surface area contributed by atoms with Gasteiger partial charge in [0.05, 0.1) is 10.0 Å².